The Morgan fingerprint density at radius 2 is 0.562 bits per heavy atom. The van der Waals surface area contributed by atoms with Gasteiger partial charge in [-0.15, -0.1) is 0 Å². The summed E-state index contributed by atoms with van der Waals surface area (Å²) in [6.07, 6.45) is 3.17. The molecular formula is C117H95B3N6O4. The van der Waals surface area contributed by atoms with Crippen molar-refractivity contribution in [2.45, 2.75) is 119 Å². The van der Waals surface area contributed by atoms with Crippen molar-refractivity contribution in [1.82, 2.24) is 13.8 Å². The fraction of sp³-hybridized carbons (Fsp3) is 0.154. The monoisotopic (exact) mass is 1680 g/mol. The molecule has 5 aromatic heterocycles. The second kappa shape index (κ2) is 30.5. The van der Waals surface area contributed by atoms with Crippen LogP contribution in [0.5, 0.6) is 0 Å². The molecule has 4 aliphatic heterocycles. The molecule has 0 amide bonds. The number of benzene rings is 15. The third-order valence-electron chi connectivity index (χ3n) is 28.6. The van der Waals surface area contributed by atoms with Crippen molar-refractivity contribution in [3.8, 4) is 22.3 Å². The average molecular weight is 1680 g/mol. The third-order valence-corrected chi connectivity index (χ3v) is 28.6. The number of fused-ring (bicyclic) bond motifs is 16. The number of rotatable bonds is 12. The summed E-state index contributed by atoms with van der Waals surface area (Å²) >= 11 is 0. The van der Waals surface area contributed by atoms with Gasteiger partial charge in [0.1, 0.15) is 0 Å². The summed E-state index contributed by atoms with van der Waals surface area (Å²) in [4.78, 5) is 68.8. The van der Waals surface area contributed by atoms with Gasteiger partial charge in [-0.25, -0.2) is 0 Å². The molecule has 10 nitrogen and oxygen atoms in total. The quantitative estimate of drug-likeness (QED) is 0.0678. The van der Waals surface area contributed by atoms with E-state index in [1.165, 1.54) is 99.6 Å². The van der Waals surface area contributed by atoms with E-state index in [1.807, 2.05) is 78.9 Å². The number of pyridine rings is 5. The molecule has 0 N–H and O–H groups in total. The molecule has 15 aromatic carbocycles. The van der Waals surface area contributed by atoms with E-state index in [4.69, 9.17) is 0 Å². The molecule has 0 bridgehead atoms. The smallest absolute Gasteiger partial charge is 0.252 e. The lowest BCUT2D eigenvalue weighted by molar-refractivity contribution is 0.812. The van der Waals surface area contributed by atoms with Crippen LogP contribution in [0, 0.1) is 0 Å². The van der Waals surface area contributed by atoms with Crippen molar-refractivity contribution in [3.05, 3.63) is 396 Å². The van der Waals surface area contributed by atoms with Crippen molar-refractivity contribution in [1.29, 1.82) is 0 Å². The van der Waals surface area contributed by atoms with Gasteiger partial charge >= 0.3 is 0 Å². The molecule has 626 valence electrons. The van der Waals surface area contributed by atoms with E-state index in [0.717, 1.165) is 78.4 Å². The summed E-state index contributed by atoms with van der Waals surface area (Å²) in [5.74, 6) is 1.91. The van der Waals surface area contributed by atoms with Gasteiger partial charge in [0.2, 0.25) is 13.4 Å². The normalized spacial score (nSPS) is 13.2. The molecule has 0 atom stereocenters. The van der Waals surface area contributed by atoms with E-state index in [0.29, 0.717) is 66.0 Å². The lowest BCUT2D eigenvalue weighted by Gasteiger charge is -2.45. The molecule has 0 saturated heterocycles. The second-order valence-electron chi connectivity index (χ2n) is 38.1. The van der Waals surface area contributed by atoms with E-state index >= 15 is 4.79 Å². The van der Waals surface area contributed by atoms with Crippen LogP contribution >= 0.6 is 0 Å². The summed E-state index contributed by atoms with van der Waals surface area (Å²) in [5.41, 5.74) is 38.7. The predicted molar refractivity (Wildman–Crippen MR) is 551 cm³/mol. The first-order valence-corrected chi connectivity index (χ1v) is 46.1. The molecule has 130 heavy (non-hydrogen) atoms. The van der Waals surface area contributed by atoms with Gasteiger partial charge in [-0.2, -0.15) is 0 Å². The third kappa shape index (κ3) is 12.0. The SMILES string of the molecule is CC(C)c1cc(C(C)C)c(B2c3ccccc3N3c4ccccc4B(c4c(C(C)C)cc(C(C)C)cc4C(C)C)c4cc(-c5ccc6c(c5)c(=O)c5cccc7c(=O)c8ccccc8n6c75)cc2c43)c(C(C)C)c1.O=c1c2ccccc2n2c3ccc(-c4ccc5c(c4)B4c6ccccc6N(c6ccccc6)c6cccc(c64)N5c4ccccc4)cc3c(=O)c3cncc1c32. The van der Waals surface area contributed by atoms with E-state index in [-0.39, 0.29) is 65.5 Å². The molecule has 0 aliphatic carbocycles. The highest BCUT2D eigenvalue weighted by Gasteiger charge is 2.48. The minimum atomic E-state index is -0.136. The van der Waals surface area contributed by atoms with Gasteiger partial charge in [-0.1, -0.05) is 282 Å². The van der Waals surface area contributed by atoms with Crippen molar-refractivity contribution in [3.63, 3.8) is 0 Å². The number of aromatic nitrogens is 3. The zero-order valence-corrected chi connectivity index (χ0v) is 75.1. The topological polar surface area (TPSA) is 99.7 Å². The Morgan fingerprint density at radius 1 is 0.238 bits per heavy atom. The van der Waals surface area contributed by atoms with Gasteiger partial charge in [0.25, 0.3) is 6.71 Å². The van der Waals surface area contributed by atoms with Crippen LogP contribution in [0.3, 0.4) is 0 Å². The number of nitrogens with zero attached hydrogens (tertiary/aromatic N) is 6. The Kier molecular flexibility index (Phi) is 18.8. The van der Waals surface area contributed by atoms with Crippen LogP contribution in [-0.4, -0.2) is 33.9 Å². The summed E-state index contributed by atoms with van der Waals surface area (Å²) in [6.45, 7) is 28.1. The van der Waals surface area contributed by atoms with Gasteiger partial charge in [-0.3, -0.25) is 24.2 Å². The van der Waals surface area contributed by atoms with Gasteiger partial charge in [-0.05, 0) is 251 Å². The predicted octanol–water partition coefficient (Wildman–Crippen LogP) is 21.8. The molecule has 4 aliphatic rings. The highest BCUT2D eigenvalue weighted by atomic mass is 16.1. The fourth-order valence-electron chi connectivity index (χ4n) is 22.6. The second-order valence-corrected chi connectivity index (χ2v) is 38.1. The lowest BCUT2D eigenvalue weighted by Crippen LogP contribution is -2.66. The van der Waals surface area contributed by atoms with Gasteiger partial charge in [0, 0.05) is 95.9 Å². The summed E-state index contributed by atoms with van der Waals surface area (Å²) in [7, 11) is 0. The Balaban J connectivity index is 0.000000153. The maximum absolute atomic E-state index is 15.1. The van der Waals surface area contributed by atoms with Crippen molar-refractivity contribution in [2.75, 3.05) is 14.7 Å². The molecule has 0 unspecified atom stereocenters. The van der Waals surface area contributed by atoms with Crippen LogP contribution in [0.25, 0.3) is 98.4 Å². The molecule has 9 heterocycles. The first-order valence-electron chi connectivity index (χ1n) is 46.1. The van der Waals surface area contributed by atoms with Gasteiger partial charge in [0.15, 0.2) is 21.7 Å². The highest BCUT2D eigenvalue weighted by Crippen LogP contribution is 2.47. The molecule has 20 aromatic rings. The maximum Gasteiger partial charge on any atom is 0.252 e. The van der Waals surface area contributed by atoms with Crippen molar-refractivity contribution in [2.24, 2.45) is 0 Å². The van der Waals surface area contributed by atoms with Gasteiger partial charge < -0.3 is 23.5 Å². The van der Waals surface area contributed by atoms with Crippen LogP contribution < -0.4 is 85.6 Å². The van der Waals surface area contributed by atoms with Crippen LogP contribution in [0.1, 0.15) is 152 Å². The Hall–Kier alpha value is -14.7. The van der Waals surface area contributed by atoms with Crippen LogP contribution in [0.2, 0.25) is 0 Å². The molecule has 24 rings (SSSR count). The molecule has 0 spiro atoms. The lowest BCUT2D eigenvalue weighted by atomic mass is 9.29. The molecule has 0 fully saturated rings. The Bertz CT molecular complexity index is 8210. The standard InChI is InChI=1S/C68H66B2N2O2.C49H29BN4O2/c1-37(2)44-31-50(39(5)6)63(51(32-44)40(7)8)69-55-23-14-17-26-61(55)72-62-27-18-15-24-56(62)70(64-52(41(9)10)33-45(38(3)4)34-53(64)42(11)12)58-36-46(35-57(69)66(58)72)43-28-29-60-54(30-43)68(74)49-22-19-21-48-65(49)71(60)59-25-16-13-20-47(59)67(48)73;55-48-34-16-7-9-18-40(34)54-41-24-22-30(26-35(41)49(56)37-29-51-28-36(48)47(37)54)31-23-25-43-39(27-31)50-38-17-8-10-19-42(38)52(32-12-3-1-4-13-32)44-20-11-21-45(46(44)50)53(43)33-14-5-2-6-15-33/h13-42H,1-12H3;1-29H. The molecule has 13 heteroatoms. The minimum absolute atomic E-state index is 0.0368. The van der Waals surface area contributed by atoms with Crippen molar-refractivity contribution < 1.29 is 0 Å². The highest BCUT2D eigenvalue weighted by molar-refractivity contribution is 7.03. The van der Waals surface area contributed by atoms with E-state index in [2.05, 4.69) is 342 Å². The van der Waals surface area contributed by atoms with E-state index in [9.17, 15) is 14.4 Å². The minimum Gasteiger partial charge on any atom is -0.313 e. The largest absolute Gasteiger partial charge is 0.313 e. The number of hydrogen-bond acceptors (Lipinski definition) is 8. The molecule has 0 saturated carbocycles. The van der Waals surface area contributed by atoms with Crippen LogP contribution in [0.15, 0.2) is 341 Å². The first kappa shape index (κ1) is 79.9. The number of anilines is 9. The summed E-state index contributed by atoms with van der Waals surface area (Å²) < 4.78 is 4.21. The van der Waals surface area contributed by atoms with E-state index < -0.39 is 0 Å². The van der Waals surface area contributed by atoms with Gasteiger partial charge in [0.05, 0.1) is 43.9 Å². The molecule has 0 radical (unpaired) electrons. The molecular weight excluding hydrogens is 1590 g/mol. The Labute approximate surface area is 757 Å². The summed E-state index contributed by atoms with van der Waals surface area (Å²) in [5, 5.41) is 4.45. The van der Waals surface area contributed by atoms with Crippen LogP contribution in [-0.2, 0) is 0 Å². The zero-order chi connectivity index (χ0) is 88.8. The summed E-state index contributed by atoms with van der Waals surface area (Å²) in [6, 6.07) is 110. The van der Waals surface area contributed by atoms with Crippen LogP contribution in [0.4, 0.5) is 51.2 Å². The zero-order valence-electron chi connectivity index (χ0n) is 75.1. The number of para-hydroxylation sites is 8. The average Bonchev–Trinajstić information content (AvgIpc) is 0.685. The fourth-order valence-corrected chi connectivity index (χ4v) is 22.6. The number of hydrogen-bond donors (Lipinski definition) is 0. The first-order chi connectivity index (χ1) is 63.2. The van der Waals surface area contributed by atoms with Crippen molar-refractivity contribution >= 4 is 197 Å². The van der Waals surface area contributed by atoms with E-state index in [1.54, 1.807) is 12.4 Å². The Morgan fingerprint density at radius 3 is 1.02 bits per heavy atom. The maximum atomic E-state index is 15.1.